The average Bonchev–Trinajstić information content (AvgIpc) is 3.26. The summed E-state index contributed by atoms with van der Waals surface area (Å²) in [4.78, 5) is 36.0. The maximum Gasteiger partial charge on any atom is 0.471 e. The number of alkyl halides is 3. The van der Waals surface area contributed by atoms with Crippen molar-refractivity contribution in [3.05, 3.63) is 58.5 Å². The van der Waals surface area contributed by atoms with E-state index in [1.165, 1.54) is 16.8 Å². The van der Waals surface area contributed by atoms with Crippen molar-refractivity contribution in [3.8, 4) is 11.4 Å². The highest BCUT2D eigenvalue weighted by molar-refractivity contribution is 5.94. The minimum atomic E-state index is -4.71. The molecule has 31 heavy (non-hydrogen) atoms. The number of nitrogens with zero attached hydrogens (tertiary/aromatic N) is 6. The summed E-state index contributed by atoms with van der Waals surface area (Å²) in [6.45, 7) is 1.79. The molecule has 0 aliphatic carbocycles. The van der Waals surface area contributed by atoms with Gasteiger partial charge in [-0.1, -0.05) is 5.16 Å². The van der Waals surface area contributed by atoms with Gasteiger partial charge in [0.2, 0.25) is 5.82 Å². The van der Waals surface area contributed by atoms with E-state index in [2.05, 4.69) is 19.6 Å². The van der Waals surface area contributed by atoms with Gasteiger partial charge in [0.1, 0.15) is 11.4 Å². The molecule has 9 nitrogen and oxygen atoms in total. The largest absolute Gasteiger partial charge is 0.471 e. The molecular weight excluding hydrogens is 417 g/mol. The summed E-state index contributed by atoms with van der Waals surface area (Å²) in [5, 5.41) is 3.34. The van der Waals surface area contributed by atoms with Gasteiger partial charge >= 0.3 is 12.1 Å². The highest BCUT2D eigenvalue weighted by atomic mass is 19.4. The molecule has 1 saturated heterocycles. The second-order valence-electron chi connectivity index (χ2n) is 6.94. The Kier molecular flexibility index (Phi) is 5.21. The summed E-state index contributed by atoms with van der Waals surface area (Å²) < 4.78 is 43.4. The maximum atomic E-state index is 12.7. The van der Waals surface area contributed by atoms with Gasteiger partial charge in [-0.2, -0.15) is 18.2 Å². The molecule has 3 aromatic heterocycles. The Morgan fingerprint density at radius 2 is 1.87 bits per heavy atom. The van der Waals surface area contributed by atoms with Crippen molar-refractivity contribution in [2.75, 3.05) is 31.1 Å². The van der Waals surface area contributed by atoms with Crippen LogP contribution in [0.25, 0.3) is 11.4 Å². The lowest BCUT2D eigenvalue weighted by Crippen LogP contribution is -2.50. The van der Waals surface area contributed by atoms with E-state index in [1.807, 2.05) is 4.90 Å². The topological polar surface area (TPSA) is 97.4 Å². The molecule has 1 aliphatic heterocycles. The number of aromatic nitrogens is 4. The quantitative estimate of drug-likeness (QED) is 0.620. The molecule has 1 aliphatic rings. The third-order valence-corrected chi connectivity index (χ3v) is 4.92. The lowest BCUT2D eigenvalue weighted by molar-refractivity contribution is -0.159. The molecule has 0 unspecified atom stereocenters. The summed E-state index contributed by atoms with van der Waals surface area (Å²) in [6, 6.07) is 6.36. The number of anilines is 1. The molecular formula is C19H17F3N6O3. The molecule has 0 aromatic carbocycles. The standard InChI is InChI=1S/C19H17F3N6O3/c1-26-6-2-3-13(16(26)29)17(30)28-9-7-27(8-10-28)14-5-4-12(11-23-14)15-24-18(31-25-15)19(20,21)22/h2-6,11H,7-10H2,1H3. The van der Waals surface area contributed by atoms with Gasteiger partial charge in [-0.3, -0.25) is 9.59 Å². The summed E-state index contributed by atoms with van der Waals surface area (Å²) in [5.74, 6) is -1.33. The Labute approximate surface area is 173 Å². The number of amides is 1. The van der Waals surface area contributed by atoms with E-state index in [4.69, 9.17) is 0 Å². The highest BCUT2D eigenvalue weighted by Crippen LogP contribution is 2.29. The van der Waals surface area contributed by atoms with Crippen molar-refractivity contribution in [1.82, 2.24) is 24.6 Å². The van der Waals surface area contributed by atoms with Crippen LogP contribution in [-0.4, -0.2) is 56.7 Å². The van der Waals surface area contributed by atoms with Crippen LogP contribution < -0.4 is 10.5 Å². The number of rotatable bonds is 3. The summed E-state index contributed by atoms with van der Waals surface area (Å²) in [7, 11) is 1.59. The minimum absolute atomic E-state index is 0.124. The van der Waals surface area contributed by atoms with Crippen molar-refractivity contribution >= 4 is 11.7 Å². The third-order valence-electron chi connectivity index (χ3n) is 4.92. The van der Waals surface area contributed by atoms with Crippen molar-refractivity contribution in [1.29, 1.82) is 0 Å². The maximum absolute atomic E-state index is 12.7. The molecule has 0 atom stereocenters. The van der Waals surface area contributed by atoms with E-state index in [9.17, 15) is 22.8 Å². The number of aryl methyl sites for hydroxylation is 1. The molecule has 0 N–H and O–H groups in total. The molecule has 1 fully saturated rings. The third kappa shape index (κ3) is 4.13. The second kappa shape index (κ2) is 7.85. The van der Waals surface area contributed by atoms with Gasteiger partial charge in [-0.15, -0.1) is 0 Å². The number of pyridine rings is 2. The van der Waals surface area contributed by atoms with E-state index < -0.39 is 12.1 Å². The zero-order valence-corrected chi connectivity index (χ0v) is 16.3. The first-order chi connectivity index (χ1) is 14.7. The summed E-state index contributed by atoms with van der Waals surface area (Å²) >= 11 is 0. The molecule has 12 heteroatoms. The first-order valence-corrected chi connectivity index (χ1v) is 9.31. The van der Waals surface area contributed by atoms with Gasteiger partial charge in [0.15, 0.2) is 0 Å². The Morgan fingerprint density at radius 3 is 2.48 bits per heavy atom. The zero-order valence-electron chi connectivity index (χ0n) is 16.3. The Morgan fingerprint density at radius 1 is 1.13 bits per heavy atom. The van der Waals surface area contributed by atoms with Crippen LogP contribution in [0.1, 0.15) is 16.2 Å². The van der Waals surface area contributed by atoms with Gasteiger partial charge in [-0.25, -0.2) is 4.98 Å². The van der Waals surface area contributed by atoms with Crippen molar-refractivity contribution in [2.24, 2.45) is 7.05 Å². The minimum Gasteiger partial charge on any atom is -0.353 e. The monoisotopic (exact) mass is 434 g/mol. The van der Waals surface area contributed by atoms with Crippen LogP contribution in [0.3, 0.4) is 0 Å². The molecule has 0 bridgehead atoms. The number of piperazine rings is 1. The SMILES string of the molecule is Cn1cccc(C(=O)N2CCN(c3ccc(-c4noc(C(F)(F)F)n4)cn3)CC2)c1=O. The molecule has 0 radical (unpaired) electrons. The molecule has 3 aromatic rings. The second-order valence-corrected chi connectivity index (χ2v) is 6.94. The lowest BCUT2D eigenvalue weighted by Gasteiger charge is -2.35. The van der Waals surface area contributed by atoms with Crippen molar-refractivity contribution in [2.45, 2.75) is 6.18 Å². The molecule has 1 amide bonds. The number of hydrogen-bond donors (Lipinski definition) is 0. The van der Waals surface area contributed by atoms with Crippen molar-refractivity contribution in [3.63, 3.8) is 0 Å². The van der Waals surface area contributed by atoms with Gasteiger partial charge in [-0.05, 0) is 24.3 Å². The fraction of sp³-hybridized carbons (Fsp3) is 0.316. The van der Waals surface area contributed by atoms with Gasteiger partial charge in [0.25, 0.3) is 11.5 Å². The summed E-state index contributed by atoms with van der Waals surface area (Å²) in [6.07, 6.45) is -1.75. The van der Waals surface area contributed by atoms with Crippen LogP contribution in [0.5, 0.6) is 0 Å². The number of carbonyl (C=O) groups excluding carboxylic acids is 1. The van der Waals surface area contributed by atoms with Crippen LogP contribution in [0.15, 0.2) is 46.0 Å². The van der Waals surface area contributed by atoms with Crippen molar-refractivity contribution < 1.29 is 22.5 Å². The Balaban J connectivity index is 1.41. The first-order valence-electron chi connectivity index (χ1n) is 9.31. The molecule has 0 saturated carbocycles. The smallest absolute Gasteiger partial charge is 0.353 e. The number of halogens is 3. The van der Waals surface area contributed by atoms with Crippen LogP contribution >= 0.6 is 0 Å². The van der Waals surface area contributed by atoms with Gasteiger partial charge in [0.05, 0.1) is 0 Å². The van der Waals surface area contributed by atoms with E-state index in [0.29, 0.717) is 32.0 Å². The molecule has 162 valence electrons. The average molecular weight is 434 g/mol. The Bertz CT molecular complexity index is 1150. The fourth-order valence-corrected chi connectivity index (χ4v) is 3.23. The number of hydrogen-bond acceptors (Lipinski definition) is 7. The summed E-state index contributed by atoms with van der Waals surface area (Å²) in [5.41, 5.74) is 0.0679. The molecule has 4 rings (SSSR count). The van der Waals surface area contributed by atoms with Crippen LogP contribution in [-0.2, 0) is 13.2 Å². The van der Waals surface area contributed by atoms with E-state index in [-0.39, 0.29) is 28.4 Å². The van der Waals surface area contributed by atoms with E-state index in [0.717, 1.165) is 0 Å². The number of carbonyl (C=O) groups is 1. The van der Waals surface area contributed by atoms with E-state index >= 15 is 0 Å². The van der Waals surface area contributed by atoms with Crippen LogP contribution in [0.2, 0.25) is 0 Å². The fourth-order valence-electron chi connectivity index (χ4n) is 3.23. The van der Waals surface area contributed by atoms with Gasteiger partial charge < -0.3 is 18.9 Å². The first kappa shape index (κ1) is 20.6. The molecule has 4 heterocycles. The highest BCUT2D eigenvalue weighted by Gasteiger charge is 2.38. The normalized spacial score (nSPS) is 14.7. The predicted molar refractivity (Wildman–Crippen MR) is 102 cm³/mol. The lowest BCUT2D eigenvalue weighted by atomic mass is 10.2. The van der Waals surface area contributed by atoms with Crippen LogP contribution in [0, 0.1) is 0 Å². The molecule has 0 spiro atoms. The van der Waals surface area contributed by atoms with E-state index in [1.54, 1.807) is 36.3 Å². The van der Waals surface area contributed by atoms with Gasteiger partial charge in [0, 0.05) is 51.2 Å². The Hall–Kier alpha value is -3.70. The predicted octanol–water partition coefficient (Wildman–Crippen LogP) is 1.81. The van der Waals surface area contributed by atoms with Crippen LogP contribution in [0.4, 0.5) is 19.0 Å². The zero-order chi connectivity index (χ0) is 22.2.